The Kier molecular flexibility index (Phi) is 6.26. The van der Waals surface area contributed by atoms with E-state index in [1.54, 1.807) is 16.0 Å². The predicted molar refractivity (Wildman–Crippen MR) is 111 cm³/mol. The first-order valence-electron chi connectivity index (χ1n) is 8.90. The van der Waals surface area contributed by atoms with Crippen molar-refractivity contribution in [3.63, 3.8) is 0 Å². The predicted octanol–water partition coefficient (Wildman–Crippen LogP) is 2.81. The highest BCUT2D eigenvalue weighted by atomic mass is 35.5. The molecule has 4 rings (SSSR count). The van der Waals surface area contributed by atoms with Crippen LogP contribution in [0.25, 0.3) is 5.69 Å². The van der Waals surface area contributed by atoms with Gasteiger partial charge >= 0.3 is 0 Å². The fourth-order valence-electron chi connectivity index (χ4n) is 3.03. The fraction of sp³-hybridized carbons (Fsp3) is 0.333. The van der Waals surface area contributed by atoms with Crippen molar-refractivity contribution in [3.05, 3.63) is 51.7 Å². The quantitative estimate of drug-likeness (QED) is 0.556. The zero-order chi connectivity index (χ0) is 19.3. The van der Waals surface area contributed by atoms with Gasteiger partial charge in [-0.1, -0.05) is 41.6 Å². The first kappa shape index (κ1) is 19.4. The minimum absolute atomic E-state index is 0.117. The molecule has 0 spiro atoms. The number of halogens is 1. The Labute approximate surface area is 176 Å². The van der Waals surface area contributed by atoms with Crippen LogP contribution in [0.15, 0.2) is 47.6 Å². The number of thioether (sulfide) groups is 1. The van der Waals surface area contributed by atoms with Crippen LogP contribution in [-0.2, 0) is 11.3 Å². The summed E-state index contributed by atoms with van der Waals surface area (Å²) in [4.78, 5) is 18.1. The molecule has 28 heavy (non-hydrogen) atoms. The Bertz CT molecular complexity index is 923. The van der Waals surface area contributed by atoms with Gasteiger partial charge in [0.25, 0.3) is 0 Å². The maximum atomic E-state index is 12.6. The molecule has 7 nitrogen and oxygen atoms in total. The molecule has 0 radical (unpaired) electrons. The SMILES string of the molecule is O=C(CSc1nnnn1-c1ccccc1)N1CCN(Cc2ccc(Cl)s2)CC1. The first-order valence-corrected chi connectivity index (χ1v) is 11.1. The highest BCUT2D eigenvalue weighted by molar-refractivity contribution is 7.99. The Hall–Kier alpha value is -1.94. The van der Waals surface area contributed by atoms with Crippen molar-refractivity contribution in [1.29, 1.82) is 0 Å². The van der Waals surface area contributed by atoms with Gasteiger partial charge in [-0.3, -0.25) is 9.69 Å². The number of benzene rings is 1. The summed E-state index contributed by atoms with van der Waals surface area (Å²) in [5.41, 5.74) is 0.879. The molecule has 0 bridgehead atoms. The summed E-state index contributed by atoms with van der Waals surface area (Å²) in [6, 6.07) is 13.7. The van der Waals surface area contributed by atoms with E-state index in [2.05, 4.69) is 26.5 Å². The molecule has 0 atom stereocenters. The number of aromatic nitrogens is 4. The zero-order valence-corrected chi connectivity index (χ0v) is 17.5. The maximum absolute atomic E-state index is 12.6. The average Bonchev–Trinajstić information content (AvgIpc) is 3.36. The number of piperazine rings is 1. The third-order valence-electron chi connectivity index (χ3n) is 4.50. The molecule has 0 aliphatic carbocycles. The zero-order valence-electron chi connectivity index (χ0n) is 15.1. The van der Waals surface area contributed by atoms with Crippen LogP contribution in [0, 0.1) is 0 Å². The van der Waals surface area contributed by atoms with Gasteiger partial charge in [-0.2, -0.15) is 4.68 Å². The third-order valence-corrected chi connectivity index (χ3v) is 6.62. The topological polar surface area (TPSA) is 67.2 Å². The van der Waals surface area contributed by atoms with Crippen molar-refractivity contribution < 1.29 is 4.79 Å². The number of carbonyl (C=O) groups excluding carboxylic acids is 1. The van der Waals surface area contributed by atoms with Crippen molar-refractivity contribution in [2.75, 3.05) is 31.9 Å². The second-order valence-electron chi connectivity index (χ2n) is 6.36. The molecule has 1 saturated heterocycles. The van der Waals surface area contributed by atoms with Crippen molar-refractivity contribution in [2.45, 2.75) is 11.7 Å². The molecule has 1 aromatic carbocycles. The second-order valence-corrected chi connectivity index (χ2v) is 9.10. The lowest BCUT2D eigenvalue weighted by Crippen LogP contribution is -2.48. The number of tetrazole rings is 1. The van der Waals surface area contributed by atoms with Crippen LogP contribution < -0.4 is 0 Å². The van der Waals surface area contributed by atoms with Gasteiger partial charge in [-0.25, -0.2) is 0 Å². The summed E-state index contributed by atoms with van der Waals surface area (Å²) >= 11 is 8.98. The van der Waals surface area contributed by atoms with Crippen LogP contribution in [0.3, 0.4) is 0 Å². The molecule has 146 valence electrons. The molecule has 0 N–H and O–H groups in total. The molecular formula is C18H19ClN6OS2. The normalized spacial score (nSPS) is 15.1. The molecular weight excluding hydrogens is 416 g/mol. The highest BCUT2D eigenvalue weighted by Crippen LogP contribution is 2.23. The molecule has 2 aromatic heterocycles. The number of thiophene rings is 1. The molecule has 1 amide bonds. The molecule has 3 heterocycles. The number of carbonyl (C=O) groups is 1. The molecule has 1 aliphatic rings. The molecule has 1 aliphatic heterocycles. The second kappa shape index (κ2) is 9.04. The van der Waals surface area contributed by atoms with Crippen molar-refractivity contribution >= 4 is 40.6 Å². The van der Waals surface area contributed by atoms with Gasteiger partial charge in [0, 0.05) is 37.6 Å². The number of hydrogen-bond donors (Lipinski definition) is 0. The largest absolute Gasteiger partial charge is 0.339 e. The van der Waals surface area contributed by atoms with Gasteiger partial charge in [-0.15, -0.1) is 16.4 Å². The van der Waals surface area contributed by atoms with E-state index in [1.807, 2.05) is 41.3 Å². The van der Waals surface area contributed by atoms with Crippen molar-refractivity contribution in [2.24, 2.45) is 0 Å². The minimum atomic E-state index is 0.117. The van der Waals surface area contributed by atoms with Gasteiger partial charge < -0.3 is 4.90 Å². The first-order chi connectivity index (χ1) is 13.7. The lowest BCUT2D eigenvalue weighted by Gasteiger charge is -2.34. The summed E-state index contributed by atoms with van der Waals surface area (Å²) in [5, 5.41) is 12.4. The summed E-state index contributed by atoms with van der Waals surface area (Å²) in [6.45, 7) is 4.10. The molecule has 10 heteroatoms. The third kappa shape index (κ3) is 4.72. The highest BCUT2D eigenvalue weighted by Gasteiger charge is 2.22. The van der Waals surface area contributed by atoms with Crippen molar-refractivity contribution in [1.82, 2.24) is 30.0 Å². The Morgan fingerprint density at radius 2 is 1.89 bits per heavy atom. The van der Waals surface area contributed by atoms with Gasteiger partial charge in [0.2, 0.25) is 11.1 Å². The lowest BCUT2D eigenvalue weighted by molar-refractivity contribution is -0.130. The lowest BCUT2D eigenvalue weighted by atomic mass is 10.3. The van der Waals surface area contributed by atoms with Crippen LogP contribution in [0.1, 0.15) is 4.88 Å². The smallest absolute Gasteiger partial charge is 0.233 e. The van der Waals surface area contributed by atoms with Crippen LogP contribution in [0.2, 0.25) is 4.34 Å². The molecule has 1 fully saturated rings. The average molecular weight is 435 g/mol. The van der Waals surface area contributed by atoms with Gasteiger partial charge in [-0.05, 0) is 34.7 Å². The Morgan fingerprint density at radius 1 is 1.11 bits per heavy atom. The van der Waals surface area contributed by atoms with Crippen LogP contribution >= 0.6 is 34.7 Å². The summed E-state index contributed by atoms with van der Waals surface area (Å²) in [5.74, 6) is 0.444. The van der Waals surface area contributed by atoms with E-state index >= 15 is 0 Å². The molecule has 3 aromatic rings. The molecule has 0 saturated carbocycles. The van der Waals surface area contributed by atoms with Gasteiger partial charge in [0.05, 0.1) is 15.8 Å². The number of nitrogens with zero attached hydrogens (tertiary/aromatic N) is 6. The monoisotopic (exact) mass is 434 g/mol. The van der Waals surface area contributed by atoms with E-state index in [0.717, 1.165) is 42.7 Å². The maximum Gasteiger partial charge on any atom is 0.233 e. The van der Waals surface area contributed by atoms with E-state index in [9.17, 15) is 4.79 Å². The summed E-state index contributed by atoms with van der Waals surface area (Å²) in [6.07, 6.45) is 0. The van der Waals surface area contributed by atoms with E-state index < -0.39 is 0 Å². The number of hydrogen-bond acceptors (Lipinski definition) is 7. The number of amides is 1. The van der Waals surface area contributed by atoms with E-state index in [4.69, 9.17) is 11.6 Å². The van der Waals surface area contributed by atoms with Gasteiger partial charge in [0.15, 0.2) is 0 Å². The van der Waals surface area contributed by atoms with Crippen LogP contribution in [0.5, 0.6) is 0 Å². The van der Waals surface area contributed by atoms with Crippen molar-refractivity contribution in [3.8, 4) is 5.69 Å². The fourth-order valence-corrected chi connectivity index (χ4v) is 4.95. The summed E-state index contributed by atoms with van der Waals surface area (Å²) < 4.78 is 2.47. The summed E-state index contributed by atoms with van der Waals surface area (Å²) in [7, 11) is 0. The van der Waals surface area contributed by atoms with E-state index in [-0.39, 0.29) is 5.91 Å². The van der Waals surface area contributed by atoms with Gasteiger partial charge in [0.1, 0.15) is 0 Å². The Morgan fingerprint density at radius 3 is 2.61 bits per heavy atom. The standard InChI is InChI=1S/C18H19ClN6OS2/c19-16-7-6-15(28-16)12-23-8-10-24(11-9-23)17(26)13-27-18-20-21-22-25(18)14-4-2-1-3-5-14/h1-7H,8-13H2. The Balaban J connectivity index is 1.27. The van der Waals surface area contributed by atoms with Crippen LogP contribution in [0.4, 0.5) is 0 Å². The minimum Gasteiger partial charge on any atom is -0.339 e. The van der Waals surface area contributed by atoms with E-state index in [0.29, 0.717) is 10.9 Å². The number of para-hydroxylation sites is 1. The van der Waals surface area contributed by atoms with Crippen LogP contribution in [-0.4, -0.2) is 67.8 Å². The van der Waals surface area contributed by atoms with E-state index in [1.165, 1.54) is 16.6 Å². The number of rotatable bonds is 6. The molecule has 0 unspecified atom stereocenters.